The zero-order valence-corrected chi connectivity index (χ0v) is 18.3. The maximum absolute atomic E-state index is 2.63. The summed E-state index contributed by atoms with van der Waals surface area (Å²) in [6, 6.07) is 5.06. The van der Waals surface area contributed by atoms with Crippen molar-refractivity contribution in [2.75, 3.05) is 0 Å². The minimum Gasteiger partial charge on any atom is -0.203 e. The van der Waals surface area contributed by atoms with Gasteiger partial charge in [-0.25, -0.2) is 10.4 Å². The van der Waals surface area contributed by atoms with Crippen LogP contribution in [-0.4, -0.2) is 8.07 Å². The van der Waals surface area contributed by atoms with Crippen molar-refractivity contribution in [3.8, 4) is 0 Å². The average molecular weight is 336 g/mol. The van der Waals surface area contributed by atoms with Crippen LogP contribution in [0.1, 0.15) is 59.1 Å². The van der Waals surface area contributed by atoms with Gasteiger partial charge in [-0.1, -0.05) is 78.3 Å². The van der Waals surface area contributed by atoms with Crippen molar-refractivity contribution in [3.63, 3.8) is 0 Å². The van der Waals surface area contributed by atoms with E-state index < -0.39 is 8.07 Å². The fourth-order valence-electron chi connectivity index (χ4n) is 5.76. The molecule has 0 unspecified atom stereocenters. The Bertz CT molecular complexity index is 686. The van der Waals surface area contributed by atoms with Crippen LogP contribution >= 0.6 is 0 Å². The fourth-order valence-corrected chi connectivity index (χ4v) is 10.2. The van der Waals surface area contributed by atoms with Gasteiger partial charge < -0.3 is 0 Å². The molecule has 25 heavy (non-hydrogen) atoms. The van der Waals surface area contributed by atoms with Crippen LogP contribution in [0.15, 0.2) is 12.1 Å². The molecule has 0 bridgehead atoms. The molecule has 3 heteroatoms. The molecule has 4 rings (SSSR count). The quantitative estimate of drug-likeness (QED) is 0.455. The zero-order chi connectivity index (χ0) is 16.2. The monoisotopic (exact) mass is 336 g/mol. The molecule has 0 aromatic heterocycles. The van der Waals surface area contributed by atoms with E-state index in [1.54, 1.807) is 43.8 Å². The zero-order valence-electron chi connectivity index (χ0n) is 17.3. The summed E-state index contributed by atoms with van der Waals surface area (Å²) in [5, 5.41) is 3.60. The molecule has 0 saturated heterocycles. The van der Waals surface area contributed by atoms with E-state index in [0.717, 1.165) is 0 Å². The van der Waals surface area contributed by atoms with Crippen LogP contribution in [0, 0.1) is 13.8 Å². The first-order chi connectivity index (χ1) is 11.0. The second-order valence-electron chi connectivity index (χ2n) is 8.45. The molecular weight excluding hydrogens is 306 g/mol. The summed E-state index contributed by atoms with van der Waals surface area (Å²) in [4.78, 5) is 0. The molecule has 0 fully saturated rings. The van der Waals surface area contributed by atoms with Crippen LogP contribution in [0.4, 0.5) is 0 Å². The molecule has 0 nitrogen and oxygen atoms in total. The molecule has 0 saturated carbocycles. The van der Waals surface area contributed by atoms with Crippen LogP contribution in [0.5, 0.6) is 0 Å². The SMILES string of the molecule is Cc1[cH-]c2c(c1[Si](C)(C)c1c(C)[cH-]c3c1CCCC3)CCCC2.[Li+].[Li+]. The fraction of sp³-hybridized carbons (Fsp3) is 0.545. The second kappa shape index (κ2) is 8.00. The van der Waals surface area contributed by atoms with Crippen molar-refractivity contribution in [2.45, 2.75) is 78.3 Å². The van der Waals surface area contributed by atoms with Crippen molar-refractivity contribution in [2.24, 2.45) is 0 Å². The van der Waals surface area contributed by atoms with E-state index in [1.807, 2.05) is 0 Å². The number of hydrogen-bond donors (Lipinski definition) is 0. The first kappa shape index (κ1) is 21.4. The summed E-state index contributed by atoms with van der Waals surface area (Å²) >= 11 is 0. The van der Waals surface area contributed by atoms with Gasteiger partial charge in [0.1, 0.15) is 0 Å². The summed E-state index contributed by atoms with van der Waals surface area (Å²) < 4.78 is 0. The summed E-state index contributed by atoms with van der Waals surface area (Å²) in [6.45, 7) is 10.0. The Morgan fingerprint density at radius 3 is 1.40 bits per heavy atom. The maximum Gasteiger partial charge on any atom is 1.00 e. The molecule has 2 aromatic rings. The van der Waals surface area contributed by atoms with E-state index in [-0.39, 0.29) is 37.7 Å². The summed E-state index contributed by atoms with van der Waals surface area (Å²) in [5.41, 5.74) is 10.1. The molecule has 0 N–H and O–H groups in total. The van der Waals surface area contributed by atoms with Gasteiger partial charge in [0.25, 0.3) is 0 Å². The number of aryl methyl sites for hydroxylation is 4. The van der Waals surface area contributed by atoms with Crippen molar-refractivity contribution >= 4 is 18.4 Å². The largest absolute Gasteiger partial charge is 1.00 e. The van der Waals surface area contributed by atoms with Crippen LogP contribution in [0.25, 0.3) is 0 Å². The number of rotatable bonds is 2. The molecular formula is C22H30Li2Si. The summed E-state index contributed by atoms with van der Waals surface area (Å²) in [7, 11) is -1.60. The third-order valence-electron chi connectivity index (χ3n) is 6.44. The molecule has 0 heterocycles. The van der Waals surface area contributed by atoms with Gasteiger partial charge in [0.15, 0.2) is 0 Å². The summed E-state index contributed by atoms with van der Waals surface area (Å²) in [6.07, 6.45) is 10.9. The third-order valence-corrected chi connectivity index (χ3v) is 10.3. The molecule has 0 atom stereocenters. The van der Waals surface area contributed by atoms with Crippen molar-refractivity contribution < 1.29 is 37.7 Å². The Kier molecular flexibility index (Phi) is 6.86. The minimum atomic E-state index is -1.60. The first-order valence-corrected chi connectivity index (χ1v) is 12.6. The van der Waals surface area contributed by atoms with Gasteiger partial charge in [0.2, 0.25) is 0 Å². The van der Waals surface area contributed by atoms with Crippen LogP contribution in [0.2, 0.25) is 13.1 Å². The Labute approximate surface area is 179 Å². The van der Waals surface area contributed by atoms with E-state index in [1.165, 1.54) is 51.4 Å². The number of fused-ring (bicyclic) bond motifs is 2. The van der Waals surface area contributed by atoms with Crippen molar-refractivity contribution in [1.82, 2.24) is 0 Å². The van der Waals surface area contributed by atoms with Gasteiger partial charge in [-0.3, -0.25) is 0 Å². The van der Waals surface area contributed by atoms with E-state index in [9.17, 15) is 0 Å². The van der Waals surface area contributed by atoms with E-state index in [0.29, 0.717) is 0 Å². The van der Waals surface area contributed by atoms with E-state index >= 15 is 0 Å². The minimum absolute atomic E-state index is 0. The van der Waals surface area contributed by atoms with Crippen LogP contribution in [0.3, 0.4) is 0 Å². The molecule has 2 aliphatic carbocycles. The van der Waals surface area contributed by atoms with Gasteiger partial charge >= 0.3 is 37.7 Å². The molecule has 0 radical (unpaired) electrons. The molecule has 2 aliphatic rings. The van der Waals surface area contributed by atoms with Crippen molar-refractivity contribution in [1.29, 1.82) is 0 Å². The molecule has 0 amide bonds. The standard InChI is InChI=1S/C22H30Si.2Li/c1-15-13-17-9-5-7-11-19(17)21(15)23(3,4)22-16(2)14-18-10-6-8-12-20(18)22;;/h13-14H,5-12H2,1-4H3;;/q-2;2*+1. The predicted molar refractivity (Wildman–Crippen MR) is 104 cm³/mol. The Morgan fingerprint density at radius 1 is 0.640 bits per heavy atom. The van der Waals surface area contributed by atoms with Gasteiger partial charge in [0, 0.05) is 0 Å². The molecule has 124 valence electrons. The van der Waals surface area contributed by atoms with Crippen molar-refractivity contribution in [3.05, 3.63) is 45.5 Å². The Hall–Kier alpha value is 0.112. The summed E-state index contributed by atoms with van der Waals surface area (Å²) in [5.74, 6) is 0. The van der Waals surface area contributed by atoms with Crippen LogP contribution < -0.4 is 48.1 Å². The smallest absolute Gasteiger partial charge is 0.203 e. The van der Waals surface area contributed by atoms with Gasteiger partial charge in [-0.15, -0.1) is 0 Å². The third kappa shape index (κ3) is 3.49. The predicted octanol–water partition coefficient (Wildman–Crippen LogP) is -1.67. The average Bonchev–Trinajstić information content (AvgIpc) is 3.02. The maximum atomic E-state index is 2.63. The topological polar surface area (TPSA) is 0 Å². The molecule has 0 spiro atoms. The van der Waals surface area contributed by atoms with E-state index in [2.05, 4.69) is 39.1 Å². The van der Waals surface area contributed by atoms with Gasteiger partial charge in [0.05, 0.1) is 0 Å². The van der Waals surface area contributed by atoms with Gasteiger partial charge in [-0.2, -0.15) is 45.5 Å². The Balaban J connectivity index is 0.00000113. The van der Waals surface area contributed by atoms with E-state index in [4.69, 9.17) is 0 Å². The molecule has 2 aromatic carbocycles. The normalized spacial score (nSPS) is 16.5. The van der Waals surface area contributed by atoms with Crippen LogP contribution in [-0.2, 0) is 25.7 Å². The Morgan fingerprint density at radius 2 is 1.00 bits per heavy atom. The van der Waals surface area contributed by atoms with Gasteiger partial charge in [-0.05, 0) is 8.07 Å². The second-order valence-corrected chi connectivity index (χ2v) is 12.7. The molecule has 0 aliphatic heterocycles. The first-order valence-electron chi connectivity index (χ1n) is 9.57. The number of hydrogen-bond acceptors (Lipinski definition) is 0.